The van der Waals surface area contributed by atoms with Crippen LogP contribution >= 0.6 is 0 Å². The Hall–Kier alpha value is -1.50. The van der Waals surface area contributed by atoms with Crippen LogP contribution in [0.25, 0.3) is 0 Å². The lowest BCUT2D eigenvalue weighted by molar-refractivity contribution is -0.162. The summed E-state index contributed by atoms with van der Waals surface area (Å²) in [7, 11) is 0. The number of hydrogen-bond donors (Lipinski definition) is 2. The molecule has 0 aliphatic carbocycles. The highest BCUT2D eigenvalue weighted by molar-refractivity contribution is 5.98. The van der Waals surface area contributed by atoms with Gasteiger partial charge in [-0.2, -0.15) is 0 Å². The van der Waals surface area contributed by atoms with Crippen molar-refractivity contribution in [3.05, 3.63) is 0 Å². The second-order valence-corrected chi connectivity index (χ2v) is 4.28. The Labute approximate surface area is 102 Å². The van der Waals surface area contributed by atoms with Crippen molar-refractivity contribution in [2.24, 2.45) is 5.41 Å². The molecule has 0 amide bonds. The van der Waals surface area contributed by atoms with E-state index in [9.17, 15) is 9.59 Å². The van der Waals surface area contributed by atoms with Crippen LogP contribution in [0.4, 0.5) is 0 Å². The molecule has 2 N–H and O–H groups in total. The van der Waals surface area contributed by atoms with Gasteiger partial charge in [0.25, 0.3) is 0 Å². The van der Waals surface area contributed by atoms with Crippen LogP contribution in [0.3, 0.4) is 0 Å². The molecule has 0 radical (unpaired) electrons. The van der Waals surface area contributed by atoms with Gasteiger partial charge in [-0.15, -0.1) is 11.8 Å². The first-order chi connectivity index (χ1) is 7.95. The summed E-state index contributed by atoms with van der Waals surface area (Å²) < 4.78 is 0. The average molecular weight is 240 g/mol. The van der Waals surface area contributed by atoms with Crippen molar-refractivity contribution in [2.45, 2.75) is 52.4 Å². The topological polar surface area (TPSA) is 74.6 Å². The number of carboxylic acid groups (broad SMARTS) is 2. The Morgan fingerprint density at radius 2 is 1.65 bits per heavy atom. The fourth-order valence-electron chi connectivity index (χ4n) is 1.21. The van der Waals surface area contributed by atoms with Crippen LogP contribution in [0.2, 0.25) is 0 Å². The highest BCUT2D eigenvalue weighted by atomic mass is 16.4. The lowest BCUT2D eigenvalue weighted by Gasteiger charge is -2.15. The van der Waals surface area contributed by atoms with Gasteiger partial charge in [-0.3, -0.25) is 9.59 Å². The Morgan fingerprint density at radius 1 is 1.06 bits per heavy atom. The van der Waals surface area contributed by atoms with Crippen LogP contribution in [0.15, 0.2) is 0 Å². The van der Waals surface area contributed by atoms with E-state index in [1.807, 2.05) is 0 Å². The van der Waals surface area contributed by atoms with Crippen molar-refractivity contribution in [1.82, 2.24) is 0 Å². The van der Waals surface area contributed by atoms with Gasteiger partial charge in [0, 0.05) is 12.8 Å². The second kappa shape index (κ2) is 7.72. The van der Waals surface area contributed by atoms with Crippen molar-refractivity contribution in [2.75, 3.05) is 0 Å². The molecule has 0 saturated heterocycles. The molecule has 0 saturated carbocycles. The van der Waals surface area contributed by atoms with Crippen LogP contribution in [0.1, 0.15) is 52.4 Å². The van der Waals surface area contributed by atoms with Gasteiger partial charge < -0.3 is 10.2 Å². The van der Waals surface area contributed by atoms with E-state index in [1.165, 1.54) is 13.3 Å². The zero-order valence-corrected chi connectivity index (χ0v) is 10.5. The fraction of sp³-hybridized carbons (Fsp3) is 0.692. The molecule has 17 heavy (non-hydrogen) atoms. The third-order valence-electron chi connectivity index (χ3n) is 2.67. The van der Waals surface area contributed by atoms with E-state index in [0.29, 0.717) is 6.42 Å². The molecule has 0 bridgehead atoms. The third-order valence-corrected chi connectivity index (χ3v) is 2.67. The molecule has 0 aromatic rings. The zero-order chi connectivity index (χ0) is 13.3. The Kier molecular flexibility index (Phi) is 7.04. The summed E-state index contributed by atoms with van der Waals surface area (Å²) in [6, 6.07) is 0. The summed E-state index contributed by atoms with van der Waals surface area (Å²) in [6.45, 7) is 3.31. The molecular weight excluding hydrogens is 220 g/mol. The van der Waals surface area contributed by atoms with Crippen LogP contribution in [-0.4, -0.2) is 22.2 Å². The molecule has 4 heteroatoms. The maximum atomic E-state index is 10.8. The molecule has 4 nitrogen and oxygen atoms in total. The maximum Gasteiger partial charge on any atom is 0.321 e. The standard InChI is InChI=1S/C13H20O4/c1-3-4-5-6-7-8-9-10-13(2,11(14)15)12(16)17/h3-7,10H2,1-2H3,(H,14,15)(H,16,17). The summed E-state index contributed by atoms with van der Waals surface area (Å²) in [5.74, 6) is 2.80. The molecule has 0 unspecified atom stereocenters. The molecule has 96 valence electrons. The van der Waals surface area contributed by atoms with E-state index in [4.69, 9.17) is 10.2 Å². The number of hydrogen-bond acceptors (Lipinski definition) is 2. The lowest BCUT2D eigenvalue weighted by Crippen LogP contribution is -2.35. The van der Waals surface area contributed by atoms with Gasteiger partial charge in [0.1, 0.15) is 0 Å². The first-order valence-electron chi connectivity index (χ1n) is 5.87. The van der Waals surface area contributed by atoms with E-state index in [0.717, 1.165) is 19.3 Å². The van der Waals surface area contributed by atoms with Crippen molar-refractivity contribution >= 4 is 11.9 Å². The molecule has 0 aromatic heterocycles. The number of carboxylic acids is 2. The van der Waals surface area contributed by atoms with E-state index >= 15 is 0 Å². The normalized spacial score (nSPS) is 10.5. The molecule has 0 heterocycles. The Morgan fingerprint density at radius 3 is 2.12 bits per heavy atom. The number of unbranched alkanes of at least 4 members (excludes halogenated alkanes) is 4. The minimum Gasteiger partial charge on any atom is -0.480 e. The maximum absolute atomic E-state index is 10.8. The average Bonchev–Trinajstić information content (AvgIpc) is 2.27. The van der Waals surface area contributed by atoms with Crippen LogP contribution in [-0.2, 0) is 9.59 Å². The summed E-state index contributed by atoms with van der Waals surface area (Å²) in [5.41, 5.74) is -1.80. The van der Waals surface area contributed by atoms with Crippen molar-refractivity contribution in [3.8, 4) is 11.8 Å². The molecule has 0 rings (SSSR count). The van der Waals surface area contributed by atoms with Crippen molar-refractivity contribution in [1.29, 1.82) is 0 Å². The quantitative estimate of drug-likeness (QED) is 0.407. The van der Waals surface area contributed by atoms with Gasteiger partial charge in [-0.1, -0.05) is 26.2 Å². The van der Waals surface area contributed by atoms with E-state index in [-0.39, 0.29) is 6.42 Å². The van der Waals surface area contributed by atoms with E-state index < -0.39 is 17.4 Å². The molecule has 0 atom stereocenters. The van der Waals surface area contributed by atoms with Gasteiger partial charge in [0.15, 0.2) is 5.41 Å². The minimum absolute atomic E-state index is 0.147. The van der Waals surface area contributed by atoms with E-state index in [1.54, 1.807) is 0 Å². The smallest absolute Gasteiger partial charge is 0.321 e. The number of rotatable bonds is 7. The van der Waals surface area contributed by atoms with Crippen LogP contribution < -0.4 is 0 Å². The molecular formula is C13H20O4. The van der Waals surface area contributed by atoms with Crippen LogP contribution in [0.5, 0.6) is 0 Å². The SMILES string of the molecule is CCCCCCC#CCC(C)(C(=O)O)C(=O)O. The largest absolute Gasteiger partial charge is 0.480 e. The predicted octanol–water partition coefficient (Wildman–Crippen LogP) is 2.53. The molecule has 0 aliphatic heterocycles. The summed E-state index contributed by atoms with van der Waals surface area (Å²) in [4.78, 5) is 21.6. The molecule has 0 fully saturated rings. The van der Waals surface area contributed by atoms with Gasteiger partial charge in [0.2, 0.25) is 0 Å². The Balaban J connectivity index is 4.11. The highest BCUT2D eigenvalue weighted by Gasteiger charge is 2.40. The van der Waals surface area contributed by atoms with Crippen molar-refractivity contribution in [3.63, 3.8) is 0 Å². The highest BCUT2D eigenvalue weighted by Crippen LogP contribution is 2.21. The van der Waals surface area contributed by atoms with Gasteiger partial charge in [0.05, 0.1) is 0 Å². The molecule has 0 spiro atoms. The predicted molar refractivity (Wildman–Crippen MR) is 64.5 cm³/mol. The Bertz CT molecular complexity index is 308. The van der Waals surface area contributed by atoms with Crippen LogP contribution in [0, 0.1) is 17.3 Å². The van der Waals surface area contributed by atoms with E-state index in [2.05, 4.69) is 18.8 Å². The molecule has 0 aromatic carbocycles. The minimum atomic E-state index is -1.80. The summed E-state index contributed by atoms with van der Waals surface area (Å²) in [6.07, 6.45) is 4.98. The first-order valence-corrected chi connectivity index (χ1v) is 5.87. The zero-order valence-electron chi connectivity index (χ0n) is 10.5. The number of carbonyl (C=O) groups is 2. The first kappa shape index (κ1) is 15.5. The molecule has 0 aliphatic rings. The fourth-order valence-corrected chi connectivity index (χ4v) is 1.21. The van der Waals surface area contributed by atoms with Crippen molar-refractivity contribution < 1.29 is 19.8 Å². The lowest BCUT2D eigenvalue weighted by atomic mass is 9.87. The second-order valence-electron chi connectivity index (χ2n) is 4.28. The monoisotopic (exact) mass is 240 g/mol. The summed E-state index contributed by atoms with van der Waals surface area (Å²) in [5, 5.41) is 17.7. The third kappa shape index (κ3) is 5.39. The van der Waals surface area contributed by atoms with Gasteiger partial charge in [-0.05, 0) is 13.3 Å². The van der Waals surface area contributed by atoms with Gasteiger partial charge >= 0.3 is 11.9 Å². The number of aliphatic carboxylic acids is 2. The van der Waals surface area contributed by atoms with Gasteiger partial charge in [-0.25, -0.2) is 0 Å². The summed E-state index contributed by atoms with van der Waals surface area (Å²) >= 11 is 0.